The Bertz CT molecular complexity index is 388. The van der Waals surface area contributed by atoms with Crippen molar-refractivity contribution in [2.24, 2.45) is 17.6 Å². The summed E-state index contributed by atoms with van der Waals surface area (Å²) in [6, 6.07) is 4.45. The van der Waals surface area contributed by atoms with Gasteiger partial charge in [-0.15, -0.1) is 11.3 Å². The van der Waals surface area contributed by atoms with Gasteiger partial charge in [0.25, 0.3) is 0 Å². The molecule has 1 saturated heterocycles. The van der Waals surface area contributed by atoms with E-state index in [1.165, 1.54) is 54.9 Å². The van der Waals surface area contributed by atoms with Crippen molar-refractivity contribution in [1.29, 1.82) is 0 Å². The molecule has 3 heteroatoms. The fourth-order valence-electron chi connectivity index (χ4n) is 3.66. The highest BCUT2D eigenvalue weighted by atomic mass is 32.1. The minimum absolute atomic E-state index is 0.690. The topological polar surface area (TPSA) is 29.3 Å². The van der Waals surface area contributed by atoms with Gasteiger partial charge in [-0.3, -0.25) is 4.90 Å². The second-order valence-corrected chi connectivity index (χ2v) is 7.15. The number of nitrogens with two attached hydrogens (primary N) is 1. The van der Waals surface area contributed by atoms with Gasteiger partial charge in [-0.2, -0.15) is 0 Å². The lowest BCUT2D eigenvalue weighted by Gasteiger charge is -2.41. The molecular formula is C15H24N2S. The highest BCUT2D eigenvalue weighted by Gasteiger charge is 2.30. The molecular weight excluding hydrogens is 240 g/mol. The lowest BCUT2D eigenvalue weighted by atomic mass is 9.75. The maximum Gasteiger partial charge on any atom is 0.0328 e. The third-order valence-electron chi connectivity index (χ3n) is 4.67. The van der Waals surface area contributed by atoms with Crippen molar-refractivity contribution in [3.05, 3.63) is 21.9 Å². The molecule has 100 valence electrons. The fraction of sp³-hybridized carbons (Fsp3) is 0.733. The first-order valence-electron chi connectivity index (χ1n) is 7.35. The van der Waals surface area contributed by atoms with Gasteiger partial charge in [0.1, 0.15) is 0 Å². The number of piperidine rings is 1. The largest absolute Gasteiger partial charge is 0.326 e. The van der Waals surface area contributed by atoms with Gasteiger partial charge in [-0.05, 0) is 43.4 Å². The standard InChI is InChI=1S/C15H24N2S/c16-9-14-5-6-15(18-14)11-17-8-7-12-3-1-2-4-13(12)10-17/h5-6,12-13H,1-4,7-11,16H2. The van der Waals surface area contributed by atoms with E-state index < -0.39 is 0 Å². The molecule has 0 radical (unpaired) electrons. The average Bonchev–Trinajstić information content (AvgIpc) is 2.86. The molecule has 2 heterocycles. The molecule has 2 unspecified atom stereocenters. The average molecular weight is 264 g/mol. The first-order chi connectivity index (χ1) is 8.85. The van der Waals surface area contributed by atoms with Gasteiger partial charge >= 0.3 is 0 Å². The summed E-state index contributed by atoms with van der Waals surface area (Å²) < 4.78 is 0. The number of likely N-dealkylation sites (tertiary alicyclic amines) is 1. The molecule has 1 saturated carbocycles. The smallest absolute Gasteiger partial charge is 0.0328 e. The van der Waals surface area contributed by atoms with Crippen LogP contribution >= 0.6 is 11.3 Å². The Morgan fingerprint density at radius 3 is 2.67 bits per heavy atom. The van der Waals surface area contributed by atoms with E-state index >= 15 is 0 Å². The Balaban J connectivity index is 1.57. The molecule has 2 aliphatic rings. The van der Waals surface area contributed by atoms with Crippen molar-refractivity contribution >= 4 is 11.3 Å². The van der Waals surface area contributed by atoms with Gasteiger partial charge in [0, 0.05) is 29.4 Å². The Morgan fingerprint density at radius 1 is 1.11 bits per heavy atom. The predicted octanol–water partition coefficient (Wildman–Crippen LogP) is 3.22. The molecule has 1 aromatic rings. The minimum atomic E-state index is 0.690. The fourth-order valence-corrected chi connectivity index (χ4v) is 4.60. The Hall–Kier alpha value is -0.380. The van der Waals surface area contributed by atoms with Crippen LogP contribution in [-0.4, -0.2) is 18.0 Å². The van der Waals surface area contributed by atoms with Crippen LogP contribution in [0.1, 0.15) is 41.9 Å². The highest BCUT2D eigenvalue weighted by Crippen LogP contribution is 2.36. The maximum atomic E-state index is 5.68. The second kappa shape index (κ2) is 5.72. The molecule has 0 amide bonds. The molecule has 1 aliphatic heterocycles. The van der Waals surface area contributed by atoms with Crippen molar-refractivity contribution in [2.45, 2.75) is 45.2 Å². The van der Waals surface area contributed by atoms with Crippen LogP contribution in [0.2, 0.25) is 0 Å². The van der Waals surface area contributed by atoms with Gasteiger partial charge in [0.2, 0.25) is 0 Å². The van der Waals surface area contributed by atoms with Gasteiger partial charge in [-0.1, -0.05) is 19.3 Å². The SMILES string of the molecule is NCc1ccc(CN2CCC3CCCCC3C2)s1. The summed E-state index contributed by atoms with van der Waals surface area (Å²) in [5, 5.41) is 0. The maximum absolute atomic E-state index is 5.68. The number of fused-ring (bicyclic) bond motifs is 1. The summed E-state index contributed by atoms with van der Waals surface area (Å²) in [6.07, 6.45) is 7.34. The number of hydrogen-bond donors (Lipinski definition) is 1. The van der Waals surface area contributed by atoms with Crippen LogP contribution < -0.4 is 5.73 Å². The van der Waals surface area contributed by atoms with Crippen LogP contribution in [0.4, 0.5) is 0 Å². The summed E-state index contributed by atoms with van der Waals surface area (Å²) in [6.45, 7) is 4.47. The molecule has 1 aromatic heterocycles. The number of nitrogens with zero attached hydrogens (tertiary/aromatic N) is 1. The molecule has 2 nitrogen and oxygen atoms in total. The summed E-state index contributed by atoms with van der Waals surface area (Å²) in [5.41, 5.74) is 5.68. The quantitative estimate of drug-likeness (QED) is 0.908. The van der Waals surface area contributed by atoms with Crippen molar-refractivity contribution in [3.8, 4) is 0 Å². The van der Waals surface area contributed by atoms with Crippen LogP contribution in [0, 0.1) is 11.8 Å². The summed E-state index contributed by atoms with van der Waals surface area (Å²) >= 11 is 1.89. The van der Waals surface area contributed by atoms with Gasteiger partial charge in [0.05, 0.1) is 0 Å². The lowest BCUT2D eigenvalue weighted by molar-refractivity contribution is 0.0827. The minimum Gasteiger partial charge on any atom is -0.326 e. The van der Waals surface area contributed by atoms with Crippen molar-refractivity contribution in [2.75, 3.05) is 13.1 Å². The Kier molecular flexibility index (Phi) is 4.02. The first-order valence-corrected chi connectivity index (χ1v) is 8.17. The van der Waals surface area contributed by atoms with E-state index in [1.807, 2.05) is 11.3 Å². The van der Waals surface area contributed by atoms with Crippen LogP contribution in [0.25, 0.3) is 0 Å². The second-order valence-electron chi connectivity index (χ2n) is 5.90. The van der Waals surface area contributed by atoms with Crippen LogP contribution in [0.3, 0.4) is 0 Å². The summed E-state index contributed by atoms with van der Waals surface area (Å²) in [4.78, 5) is 5.47. The van der Waals surface area contributed by atoms with E-state index in [2.05, 4.69) is 17.0 Å². The van der Waals surface area contributed by atoms with Crippen molar-refractivity contribution < 1.29 is 0 Å². The van der Waals surface area contributed by atoms with Crippen molar-refractivity contribution in [1.82, 2.24) is 4.90 Å². The first kappa shape index (κ1) is 12.6. The van der Waals surface area contributed by atoms with E-state index in [0.29, 0.717) is 6.54 Å². The summed E-state index contributed by atoms with van der Waals surface area (Å²) in [5.74, 6) is 2.03. The zero-order valence-corrected chi connectivity index (χ0v) is 11.9. The molecule has 2 fully saturated rings. The normalized spacial score (nSPS) is 29.2. The molecule has 18 heavy (non-hydrogen) atoms. The van der Waals surface area contributed by atoms with Gasteiger partial charge in [0.15, 0.2) is 0 Å². The van der Waals surface area contributed by atoms with E-state index in [-0.39, 0.29) is 0 Å². The zero-order valence-electron chi connectivity index (χ0n) is 11.1. The summed E-state index contributed by atoms with van der Waals surface area (Å²) in [7, 11) is 0. The van der Waals surface area contributed by atoms with E-state index in [9.17, 15) is 0 Å². The van der Waals surface area contributed by atoms with E-state index in [1.54, 1.807) is 0 Å². The highest BCUT2D eigenvalue weighted by molar-refractivity contribution is 7.11. The molecule has 0 bridgehead atoms. The molecule has 0 aromatic carbocycles. The van der Waals surface area contributed by atoms with Crippen molar-refractivity contribution in [3.63, 3.8) is 0 Å². The van der Waals surface area contributed by atoms with E-state index in [0.717, 1.165) is 18.4 Å². The monoisotopic (exact) mass is 264 g/mol. The van der Waals surface area contributed by atoms with Gasteiger partial charge < -0.3 is 5.73 Å². The predicted molar refractivity (Wildman–Crippen MR) is 77.6 cm³/mol. The molecule has 2 atom stereocenters. The van der Waals surface area contributed by atoms with Crippen LogP contribution in [0.15, 0.2) is 12.1 Å². The van der Waals surface area contributed by atoms with Crippen LogP contribution in [0.5, 0.6) is 0 Å². The molecule has 3 rings (SSSR count). The third kappa shape index (κ3) is 2.79. The number of thiophene rings is 1. The number of hydrogen-bond acceptors (Lipinski definition) is 3. The van der Waals surface area contributed by atoms with Crippen LogP contribution in [-0.2, 0) is 13.1 Å². The third-order valence-corrected chi connectivity index (χ3v) is 5.77. The molecule has 2 N–H and O–H groups in total. The lowest BCUT2D eigenvalue weighted by Crippen LogP contribution is -2.41. The number of rotatable bonds is 3. The Labute approximate surface area is 114 Å². The van der Waals surface area contributed by atoms with E-state index in [4.69, 9.17) is 5.73 Å². The molecule has 1 aliphatic carbocycles. The van der Waals surface area contributed by atoms with Gasteiger partial charge in [-0.25, -0.2) is 0 Å². The zero-order chi connectivity index (χ0) is 12.4. The molecule has 0 spiro atoms. The Morgan fingerprint density at radius 2 is 1.89 bits per heavy atom.